The first-order valence-electron chi connectivity index (χ1n) is 22.5. The zero-order valence-electron chi connectivity index (χ0n) is 37.2. The Morgan fingerprint density at radius 2 is 0.647 bits per heavy atom. The maximum absolute atomic E-state index is 5.52. The molecule has 0 saturated carbocycles. The van der Waals surface area contributed by atoms with Gasteiger partial charge in [0.2, 0.25) is 0 Å². The van der Waals surface area contributed by atoms with E-state index in [4.69, 9.17) is 29.4 Å². The molecule has 68 heavy (non-hydrogen) atoms. The van der Waals surface area contributed by atoms with E-state index in [0.29, 0.717) is 0 Å². The maximum atomic E-state index is 5.52. The molecule has 0 amide bonds. The summed E-state index contributed by atoms with van der Waals surface area (Å²) in [5.41, 5.74) is 20.0. The summed E-state index contributed by atoms with van der Waals surface area (Å²) in [6.45, 7) is 0. The van der Waals surface area contributed by atoms with Crippen molar-refractivity contribution >= 4 is 57.4 Å². The minimum atomic E-state index is 0.745. The van der Waals surface area contributed by atoms with E-state index in [1.54, 1.807) is 14.2 Å². The molecule has 4 aromatic heterocycles. The third-order valence-corrected chi connectivity index (χ3v) is 12.6. The van der Waals surface area contributed by atoms with Crippen molar-refractivity contribution in [2.45, 2.75) is 0 Å². The average Bonchev–Trinajstić information content (AvgIpc) is 4.26. The topological polar surface area (TPSA) is 102 Å². The van der Waals surface area contributed by atoms with Crippen LogP contribution in [0.15, 0.2) is 182 Å². The van der Waals surface area contributed by atoms with Crippen LogP contribution >= 0.6 is 0 Å². The number of nitrogens with zero attached hydrogens (tertiary/aromatic N) is 4. The van der Waals surface area contributed by atoms with Gasteiger partial charge in [0.15, 0.2) is 0 Å². The standard InChI is InChI=1S/C60H42N6O2/c1-67-43-23-18-40(19-24-43)59-60(41-20-25-44(68-2)26-21-41)66-54-36-42(22-27-45(54)65-59)58-52-34-32-50(63-52)56(38-14-8-4-9-15-38)48-30-28-46(61-48)55(37-12-6-3-7-13-37)47-29-31-49(62-47)57(39-16-10-5-11-17-39)51-33-35-53(58)64-51/h3-36,61,64H,1-2H3. The smallest absolute Gasteiger partial charge is 0.118 e. The van der Waals surface area contributed by atoms with Crippen molar-refractivity contribution in [3.63, 3.8) is 0 Å². The molecule has 0 aliphatic carbocycles. The molecule has 8 nitrogen and oxygen atoms in total. The molecule has 6 heterocycles. The first-order chi connectivity index (χ1) is 33.6. The van der Waals surface area contributed by atoms with Crippen LogP contribution in [0.2, 0.25) is 0 Å². The van der Waals surface area contributed by atoms with Crippen LogP contribution in [0.25, 0.3) is 124 Å². The minimum absolute atomic E-state index is 0.745. The predicted octanol–water partition coefficient (Wildman–Crippen LogP) is 14.6. The Balaban J connectivity index is 1.16. The van der Waals surface area contributed by atoms with Gasteiger partial charge in [-0.15, -0.1) is 0 Å². The monoisotopic (exact) mass is 878 g/mol. The molecule has 8 heteroatoms. The molecule has 10 aromatic rings. The summed E-state index contributed by atoms with van der Waals surface area (Å²) in [6.07, 6.45) is 8.50. The van der Waals surface area contributed by atoms with Gasteiger partial charge in [-0.1, -0.05) is 97.1 Å². The highest BCUT2D eigenvalue weighted by molar-refractivity contribution is 6.01. The third-order valence-electron chi connectivity index (χ3n) is 12.6. The third kappa shape index (κ3) is 7.30. The lowest BCUT2D eigenvalue weighted by molar-refractivity contribution is 0.414. The average molecular weight is 879 g/mol. The zero-order chi connectivity index (χ0) is 45.6. The Labute approximate surface area is 392 Å². The van der Waals surface area contributed by atoms with Gasteiger partial charge in [-0.2, -0.15) is 0 Å². The van der Waals surface area contributed by atoms with Crippen molar-refractivity contribution in [1.29, 1.82) is 0 Å². The number of hydrogen-bond acceptors (Lipinski definition) is 6. The van der Waals surface area contributed by atoms with Gasteiger partial charge in [-0.05, 0) is 131 Å². The van der Waals surface area contributed by atoms with Crippen molar-refractivity contribution in [2.24, 2.45) is 0 Å². The molecule has 0 radical (unpaired) electrons. The molecule has 0 spiro atoms. The van der Waals surface area contributed by atoms with Crippen molar-refractivity contribution in [2.75, 3.05) is 14.2 Å². The van der Waals surface area contributed by atoms with E-state index in [2.05, 4.69) is 150 Å². The fourth-order valence-electron chi connectivity index (χ4n) is 9.34. The number of benzene rings is 6. The van der Waals surface area contributed by atoms with Gasteiger partial charge < -0.3 is 19.4 Å². The molecule has 324 valence electrons. The Morgan fingerprint density at radius 1 is 0.309 bits per heavy atom. The number of rotatable bonds is 8. The van der Waals surface area contributed by atoms with Gasteiger partial charge in [0.1, 0.15) is 11.5 Å². The molecule has 8 bridgehead atoms. The van der Waals surface area contributed by atoms with Gasteiger partial charge in [0.05, 0.1) is 59.4 Å². The van der Waals surface area contributed by atoms with Crippen molar-refractivity contribution in [1.82, 2.24) is 29.9 Å². The largest absolute Gasteiger partial charge is 0.497 e. The highest BCUT2D eigenvalue weighted by Crippen LogP contribution is 2.40. The first-order valence-corrected chi connectivity index (χ1v) is 22.5. The van der Waals surface area contributed by atoms with Crippen LogP contribution in [-0.2, 0) is 0 Å². The Hall–Kier alpha value is -9.14. The summed E-state index contributed by atoms with van der Waals surface area (Å²) >= 11 is 0. The number of aromatic amines is 2. The van der Waals surface area contributed by atoms with Crippen LogP contribution in [0.3, 0.4) is 0 Å². The van der Waals surface area contributed by atoms with Gasteiger partial charge >= 0.3 is 0 Å². The molecule has 0 saturated heterocycles. The van der Waals surface area contributed by atoms with E-state index in [-0.39, 0.29) is 0 Å². The van der Waals surface area contributed by atoms with E-state index in [0.717, 1.165) is 134 Å². The second kappa shape index (κ2) is 17.0. The number of aromatic nitrogens is 6. The molecule has 2 N–H and O–H groups in total. The van der Waals surface area contributed by atoms with E-state index in [9.17, 15) is 0 Å². The highest BCUT2D eigenvalue weighted by atomic mass is 16.5. The lowest BCUT2D eigenvalue weighted by Gasteiger charge is -2.13. The van der Waals surface area contributed by atoms with Gasteiger partial charge in [0, 0.05) is 55.4 Å². The number of hydrogen-bond donors (Lipinski definition) is 2. The second-order valence-corrected chi connectivity index (χ2v) is 16.7. The van der Waals surface area contributed by atoms with Gasteiger partial charge in [0.25, 0.3) is 0 Å². The molecule has 0 fully saturated rings. The molecule has 0 atom stereocenters. The van der Waals surface area contributed by atoms with Gasteiger partial charge in [-0.3, -0.25) is 0 Å². The molecular weight excluding hydrogens is 837 g/mol. The van der Waals surface area contributed by atoms with Crippen LogP contribution in [0.1, 0.15) is 22.8 Å². The highest BCUT2D eigenvalue weighted by Gasteiger charge is 2.21. The summed E-state index contributed by atoms with van der Waals surface area (Å²) in [6, 6.07) is 62.2. The van der Waals surface area contributed by atoms with Crippen LogP contribution in [0.4, 0.5) is 0 Å². The van der Waals surface area contributed by atoms with Crippen LogP contribution < -0.4 is 9.47 Å². The fraction of sp³-hybridized carbons (Fsp3) is 0.0333. The Morgan fingerprint density at radius 3 is 1.01 bits per heavy atom. The zero-order valence-corrected chi connectivity index (χ0v) is 37.2. The maximum Gasteiger partial charge on any atom is 0.118 e. The Kier molecular flexibility index (Phi) is 10.1. The summed E-state index contributed by atoms with van der Waals surface area (Å²) in [5, 5.41) is 0. The quantitative estimate of drug-likeness (QED) is 0.158. The summed E-state index contributed by atoms with van der Waals surface area (Å²) < 4.78 is 11.0. The van der Waals surface area contributed by atoms with Crippen LogP contribution in [0, 0.1) is 0 Å². The van der Waals surface area contributed by atoms with E-state index in [1.807, 2.05) is 66.7 Å². The van der Waals surface area contributed by atoms with E-state index < -0.39 is 0 Å². The van der Waals surface area contributed by atoms with Crippen LogP contribution in [-0.4, -0.2) is 44.1 Å². The molecule has 12 rings (SSSR count). The molecular formula is C60H42N6O2. The first kappa shape index (κ1) is 40.4. The normalized spacial score (nSPS) is 11.9. The Bertz CT molecular complexity index is 3750. The molecule has 2 aliphatic heterocycles. The van der Waals surface area contributed by atoms with Gasteiger partial charge in [-0.25, -0.2) is 19.9 Å². The molecule has 2 aliphatic rings. The number of ether oxygens (including phenoxy) is 2. The summed E-state index contributed by atoms with van der Waals surface area (Å²) in [4.78, 5) is 29.4. The number of H-pyrrole nitrogens is 2. The minimum Gasteiger partial charge on any atom is -0.497 e. The SMILES string of the molecule is COc1ccc(-c2nc3ccc(-c4c5nc(c(-c6ccccc6)c6ccc([nH]6)c(-c6ccccc6)c6nc(c(-c7ccccc7)c7ccc4[nH]7)C=C6)C=C5)cc3nc2-c2ccc(OC)cc2)cc1. The number of fused-ring (bicyclic) bond motifs is 9. The lowest BCUT2D eigenvalue weighted by Crippen LogP contribution is -1.97. The predicted molar refractivity (Wildman–Crippen MR) is 278 cm³/mol. The van der Waals surface area contributed by atoms with Crippen molar-refractivity contribution < 1.29 is 9.47 Å². The molecule has 6 aromatic carbocycles. The molecule has 0 unspecified atom stereocenters. The summed E-state index contributed by atoms with van der Waals surface area (Å²) in [5.74, 6) is 1.54. The number of nitrogens with one attached hydrogen (secondary N) is 2. The number of methoxy groups -OCH3 is 2. The summed E-state index contributed by atoms with van der Waals surface area (Å²) in [7, 11) is 3.34. The van der Waals surface area contributed by atoms with Crippen molar-refractivity contribution in [3.8, 4) is 78.5 Å². The lowest BCUT2D eigenvalue weighted by atomic mass is 10.0. The van der Waals surface area contributed by atoms with Crippen molar-refractivity contribution in [3.05, 3.63) is 205 Å². The second-order valence-electron chi connectivity index (χ2n) is 16.7. The fourth-order valence-corrected chi connectivity index (χ4v) is 9.34. The van der Waals surface area contributed by atoms with E-state index in [1.165, 1.54) is 0 Å². The van der Waals surface area contributed by atoms with E-state index >= 15 is 0 Å². The van der Waals surface area contributed by atoms with Crippen LogP contribution in [0.5, 0.6) is 11.5 Å².